The lowest BCUT2D eigenvalue weighted by Crippen LogP contribution is -2.14. The highest BCUT2D eigenvalue weighted by molar-refractivity contribution is 7.80. The number of hydrogen-bond acceptors (Lipinski definition) is 3. The SMILES string of the molecule is CCCCCOc1cccnc1C(N)=S. The standard InChI is InChI=1S/C11H16N2OS/c1-2-3-4-8-14-9-6-5-7-13-10(9)11(12)15/h5-7H,2-4,8H2,1H3,(H2,12,15). The lowest BCUT2D eigenvalue weighted by atomic mass is 10.2. The number of unbranched alkanes of at least 4 members (excludes halogenated alkanes) is 2. The van der Waals surface area contributed by atoms with E-state index >= 15 is 0 Å². The van der Waals surface area contributed by atoms with Crippen LogP contribution in [-0.4, -0.2) is 16.6 Å². The number of rotatable bonds is 6. The summed E-state index contributed by atoms with van der Waals surface area (Å²) in [5, 5.41) is 0. The van der Waals surface area contributed by atoms with Crippen LogP contribution in [0.5, 0.6) is 5.75 Å². The molecule has 15 heavy (non-hydrogen) atoms. The summed E-state index contributed by atoms with van der Waals surface area (Å²) in [5.74, 6) is 0.682. The summed E-state index contributed by atoms with van der Waals surface area (Å²) >= 11 is 4.89. The molecule has 0 bridgehead atoms. The van der Waals surface area contributed by atoms with Crippen LogP contribution in [0, 0.1) is 0 Å². The number of ether oxygens (including phenoxy) is 1. The molecule has 82 valence electrons. The smallest absolute Gasteiger partial charge is 0.147 e. The molecule has 0 aliphatic carbocycles. The fourth-order valence-electron chi connectivity index (χ4n) is 1.23. The van der Waals surface area contributed by atoms with Crippen LogP contribution < -0.4 is 10.5 Å². The first kappa shape index (κ1) is 11.9. The first-order valence-electron chi connectivity index (χ1n) is 5.13. The number of hydrogen-bond donors (Lipinski definition) is 1. The summed E-state index contributed by atoms with van der Waals surface area (Å²) in [5.41, 5.74) is 6.11. The van der Waals surface area contributed by atoms with E-state index in [-0.39, 0.29) is 4.99 Å². The van der Waals surface area contributed by atoms with E-state index < -0.39 is 0 Å². The number of nitrogens with zero attached hydrogens (tertiary/aromatic N) is 1. The monoisotopic (exact) mass is 224 g/mol. The van der Waals surface area contributed by atoms with Gasteiger partial charge in [0.2, 0.25) is 0 Å². The lowest BCUT2D eigenvalue weighted by Gasteiger charge is -2.08. The van der Waals surface area contributed by atoms with Gasteiger partial charge in [0.1, 0.15) is 16.4 Å². The van der Waals surface area contributed by atoms with Crippen LogP contribution in [0.25, 0.3) is 0 Å². The second-order valence-corrected chi connectivity index (χ2v) is 3.71. The summed E-state index contributed by atoms with van der Waals surface area (Å²) in [6, 6.07) is 3.66. The number of thiocarbonyl (C=S) groups is 1. The highest BCUT2D eigenvalue weighted by Crippen LogP contribution is 2.15. The minimum atomic E-state index is 0.279. The Morgan fingerprint density at radius 3 is 3.00 bits per heavy atom. The quantitative estimate of drug-likeness (QED) is 0.595. The zero-order valence-corrected chi connectivity index (χ0v) is 9.72. The average Bonchev–Trinajstić information content (AvgIpc) is 2.25. The normalized spacial score (nSPS) is 9.93. The van der Waals surface area contributed by atoms with Crippen LogP contribution in [0.15, 0.2) is 18.3 Å². The Morgan fingerprint density at radius 1 is 1.53 bits per heavy atom. The van der Waals surface area contributed by atoms with Crippen LogP contribution in [0.3, 0.4) is 0 Å². The van der Waals surface area contributed by atoms with Crippen LogP contribution in [0.1, 0.15) is 31.9 Å². The van der Waals surface area contributed by atoms with E-state index in [4.69, 9.17) is 22.7 Å². The number of aromatic nitrogens is 1. The molecule has 0 radical (unpaired) electrons. The van der Waals surface area contributed by atoms with E-state index in [0.717, 1.165) is 6.42 Å². The third-order valence-electron chi connectivity index (χ3n) is 2.01. The molecule has 0 spiro atoms. The molecule has 0 aliphatic heterocycles. The minimum Gasteiger partial charge on any atom is -0.491 e. The van der Waals surface area contributed by atoms with Crippen LogP contribution in [0.4, 0.5) is 0 Å². The van der Waals surface area contributed by atoms with Gasteiger partial charge in [0, 0.05) is 6.20 Å². The maximum atomic E-state index is 5.57. The zero-order chi connectivity index (χ0) is 11.1. The van der Waals surface area contributed by atoms with Crippen molar-refractivity contribution < 1.29 is 4.74 Å². The fraction of sp³-hybridized carbons (Fsp3) is 0.455. The van der Waals surface area contributed by atoms with Gasteiger partial charge in [-0.2, -0.15) is 0 Å². The van der Waals surface area contributed by atoms with Gasteiger partial charge in [0.05, 0.1) is 6.61 Å². The second kappa shape index (κ2) is 6.35. The first-order valence-corrected chi connectivity index (χ1v) is 5.54. The summed E-state index contributed by atoms with van der Waals surface area (Å²) in [7, 11) is 0. The van der Waals surface area contributed by atoms with Gasteiger partial charge in [0.15, 0.2) is 0 Å². The van der Waals surface area contributed by atoms with Crippen molar-refractivity contribution in [2.24, 2.45) is 5.73 Å². The van der Waals surface area contributed by atoms with E-state index in [1.54, 1.807) is 6.20 Å². The van der Waals surface area contributed by atoms with E-state index in [1.165, 1.54) is 12.8 Å². The van der Waals surface area contributed by atoms with Crippen LogP contribution >= 0.6 is 12.2 Å². The molecule has 1 heterocycles. The van der Waals surface area contributed by atoms with Crippen LogP contribution in [-0.2, 0) is 0 Å². The molecule has 0 atom stereocenters. The highest BCUT2D eigenvalue weighted by atomic mass is 32.1. The third kappa shape index (κ3) is 3.83. The van der Waals surface area contributed by atoms with E-state index in [0.29, 0.717) is 18.1 Å². The van der Waals surface area contributed by atoms with Crippen molar-refractivity contribution in [3.8, 4) is 5.75 Å². The molecule has 0 aromatic carbocycles. The van der Waals surface area contributed by atoms with Crippen molar-refractivity contribution >= 4 is 17.2 Å². The fourth-order valence-corrected chi connectivity index (χ4v) is 1.38. The molecular formula is C11H16N2OS. The van der Waals surface area contributed by atoms with Gasteiger partial charge in [0.25, 0.3) is 0 Å². The molecule has 0 fully saturated rings. The zero-order valence-electron chi connectivity index (χ0n) is 8.90. The van der Waals surface area contributed by atoms with Crippen molar-refractivity contribution in [2.45, 2.75) is 26.2 Å². The van der Waals surface area contributed by atoms with Crippen molar-refractivity contribution in [1.29, 1.82) is 0 Å². The van der Waals surface area contributed by atoms with E-state index in [1.807, 2.05) is 12.1 Å². The topological polar surface area (TPSA) is 48.1 Å². The predicted octanol–water partition coefficient (Wildman–Crippen LogP) is 2.28. The van der Waals surface area contributed by atoms with Crippen molar-refractivity contribution in [3.05, 3.63) is 24.0 Å². The van der Waals surface area contributed by atoms with Gasteiger partial charge in [-0.05, 0) is 18.6 Å². The van der Waals surface area contributed by atoms with Crippen molar-refractivity contribution in [3.63, 3.8) is 0 Å². The van der Waals surface area contributed by atoms with Gasteiger partial charge < -0.3 is 10.5 Å². The second-order valence-electron chi connectivity index (χ2n) is 3.27. The lowest BCUT2D eigenvalue weighted by molar-refractivity contribution is 0.304. The molecule has 0 saturated heterocycles. The van der Waals surface area contributed by atoms with Gasteiger partial charge >= 0.3 is 0 Å². The Labute approximate surface area is 95.7 Å². The minimum absolute atomic E-state index is 0.279. The maximum absolute atomic E-state index is 5.57. The molecule has 4 heteroatoms. The Morgan fingerprint density at radius 2 is 2.33 bits per heavy atom. The largest absolute Gasteiger partial charge is 0.491 e. The molecule has 2 N–H and O–H groups in total. The molecule has 0 amide bonds. The third-order valence-corrected chi connectivity index (χ3v) is 2.20. The Bertz CT molecular complexity index is 328. The molecule has 1 aromatic heterocycles. The number of pyridine rings is 1. The highest BCUT2D eigenvalue weighted by Gasteiger charge is 2.06. The molecular weight excluding hydrogens is 208 g/mol. The van der Waals surface area contributed by atoms with E-state index in [2.05, 4.69) is 11.9 Å². The maximum Gasteiger partial charge on any atom is 0.147 e. The molecule has 0 saturated carbocycles. The summed E-state index contributed by atoms with van der Waals surface area (Å²) in [6.07, 6.45) is 5.05. The molecule has 1 aromatic rings. The predicted molar refractivity (Wildman–Crippen MR) is 65.1 cm³/mol. The van der Waals surface area contributed by atoms with Gasteiger partial charge in [-0.25, -0.2) is 4.98 Å². The summed E-state index contributed by atoms with van der Waals surface area (Å²) in [4.78, 5) is 4.36. The summed E-state index contributed by atoms with van der Waals surface area (Å²) in [6.45, 7) is 2.85. The number of nitrogens with two attached hydrogens (primary N) is 1. The first-order chi connectivity index (χ1) is 7.25. The van der Waals surface area contributed by atoms with Gasteiger partial charge in [-0.3, -0.25) is 0 Å². The van der Waals surface area contributed by atoms with Crippen molar-refractivity contribution in [1.82, 2.24) is 4.98 Å². The van der Waals surface area contributed by atoms with Crippen LogP contribution in [0.2, 0.25) is 0 Å². The molecule has 0 aliphatic rings. The Hall–Kier alpha value is -1.16. The Balaban J connectivity index is 2.56. The Kier molecular flexibility index (Phi) is 5.04. The molecule has 1 rings (SSSR count). The summed E-state index contributed by atoms with van der Waals surface area (Å²) < 4.78 is 5.57. The average molecular weight is 224 g/mol. The van der Waals surface area contributed by atoms with E-state index in [9.17, 15) is 0 Å². The van der Waals surface area contributed by atoms with Gasteiger partial charge in [-0.1, -0.05) is 32.0 Å². The molecule has 0 unspecified atom stereocenters. The van der Waals surface area contributed by atoms with Gasteiger partial charge in [-0.15, -0.1) is 0 Å². The van der Waals surface area contributed by atoms with Crippen molar-refractivity contribution in [2.75, 3.05) is 6.61 Å². The molecule has 3 nitrogen and oxygen atoms in total.